The van der Waals surface area contributed by atoms with Crippen LogP contribution in [0, 0.1) is 0 Å². The number of hydrogen-bond donors (Lipinski definition) is 2. The number of hydroxylamine groups is 2. The van der Waals surface area contributed by atoms with Crippen molar-refractivity contribution in [3.63, 3.8) is 0 Å². The Morgan fingerprint density at radius 2 is 2.00 bits per heavy atom. The molecule has 2 unspecified atom stereocenters. The third-order valence-corrected chi connectivity index (χ3v) is 2.39. The lowest BCUT2D eigenvalue weighted by Gasteiger charge is -2.44. The topological polar surface area (TPSA) is 43.7 Å². The maximum Gasteiger partial charge on any atom is 0.0574 e. The van der Waals surface area contributed by atoms with E-state index in [0.717, 1.165) is 0 Å². The van der Waals surface area contributed by atoms with Crippen LogP contribution in [0.1, 0.15) is 33.6 Å². The fourth-order valence-corrected chi connectivity index (χ4v) is 1.84. The summed E-state index contributed by atoms with van der Waals surface area (Å²) < 4.78 is 0. The molecular formula is C8H17NO2. The second-order valence-corrected chi connectivity index (χ2v) is 4.10. The van der Waals surface area contributed by atoms with Gasteiger partial charge in [0, 0.05) is 11.6 Å². The first kappa shape index (κ1) is 8.97. The van der Waals surface area contributed by atoms with Gasteiger partial charge in [-0.15, -0.1) is 0 Å². The number of aliphatic hydroxyl groups is 1. The molecular weight excluding hydrogens is 142 g/mol. The van der Waals surface area contributed by atoms with Gasteiger partial charge >= 0.3 is 0 Å². The predicted octanol–water partition coefficient (Wildman–Crippen LogP) is 0.999. The predicted molar refractivity (Wildman–Crippen MR) is 42.4 cm³/mol. The first-order chi connectivity index (χ1) is 4.93. The third-order valence-electron chi connectivity index (χ3n) is 2.39. The first-order valence-corrected chi connectivity index (χ1v) is 4.10. The SMILES string of the molecule is CC1CC(O)CC(C)(C)N1O. The molecule has 1 rings (SSSR count). The standard InChI is InChI=1S/C8H17NO2/c1-6-4-7(10)5-8(2,3)9(6)11/h6-7,10-11H,4-5H2,1-3H3. The summed E-state index contributed by atoms with van der Waals surface area (Å²) in [4.78, 5) is 0. The highest BCUT2D eigenvalue weighted by Crippen LogP contribution is 2.29. The molecule has 0 aromatic carbocycles. The summed E-state index contributed by atoms with van der Waals surface area (Å²) in [6.07, 6.45) is 1.05. The molecule has 2 atom stereocenters. The van der Waals surface area contributed by atoms with Crippen LogP contribution < -0.4 is 0 Å². The lowest BCUT2D eigenvalue weighted by atomic mass is 9.87. The van der Waals surface area contributed by atoms with Gasteiger partial charge in [0.05, 0.1) is 6.10 Å². The molecule has 3 heteroatoms. The van der Waals surface area contributed by atoms with Crippen LogP contribution in [-0.2, 0) is 0 Å². The van der Waals surface area contributed by atoms with Crippen molar-refractivity contribution in [1.29, 1.82) is 0 Å². The van der Waals surface area contributed by atoms with Gasteiger partial charge in [0.15, 0.2) is 0 Å². The Balaban J connectivity index is 2.67. The number of nitrogens with zero attached hydrogens (tertiary/aromatic N) is 1. The summed E-state index contributed by atoms with van der Waals surface area (Å²) in [6.45, 7) is 5.79. The van der Waals surface area contributed by atoms with Crippen molar-refractivity contribution in [1.82, 2.24) is 5.06 Å². The molecule has 0 spiro atoms. The highest BCUT2D eigenvalue weighted by atomic mass is 16.5. The lowest BCUT2D eigenvalue weighted by molar-refractivity contribution is -0.222. The van der Waals surface area contributed by atoms with Gasteiger partial charge in [-0.1, -0.05) is 0 Å². The number of hydrogen-bond acceptors (Lipinski definition) is 3. The van der Waals surface area contributed by atoms with Gasteiger partial charge in [0.2, 0.25) is 0 Å². The Kier molecular flexibility index (Phi) is 2.23. The zero-order chi connectivity index (χ0) is 8.65. The molecule has 2 N–H and O–H groups in total. The van der Waals surface area contributed by atoms with E-state index in [4.69, 9.17) is 0 Å². The maximum absolute atomic E-state index is 9.55. The van der Waals surface area contributed by atoms with Gasteiger partial charge in [-0.3, -0.25) is 0 Å². The second kappa shape index (κ2) is 2.73. The van der Waals surface area contributed by atoms with Gasteiger partial charge in [0.1, 0.15) is 0 Å². The van der Waals surface area contributed by atoms with Crippen LogP contribution in [0.4, 0.5) is 0 Å². The van der Waals surface area contributed by atoms with Crippen LogP contribution in [0.2, 0.25) is 0 Å². The zero-order valence-electron chi connectivity index (χ0n) is 7.41. The maximum atomic E-state index is 9.55. The van der Waals surface area contributed by atoms with Crippen molar-refractivity contribution in [2.45, 2.75) is 51.3 Å². The number of rotatable bonds is 0. The van der Waals surface area contributed by atoms with Gasteiger partial charge in [-0.2, -0.15) is 5.06 Å². The van der Waals surface area contributed by atoms with Gasteiger partial charge in [0.25, 0.3) is 0 Å². The molecule has 0 amide bonds. The van der Waals surface area contributed by atoms with E-state index in [0.29, 0.717) is 12.8 Å². The van der Waals surface area contributed by atoms with Gasteiger partial charge in [-0.25, -0.2) is 0 Å². The van der Waals surface area contributed by atoms with Crippen LogP contribution in [0.25, 0.3) is 0 Å². The average molecular weight is 159 g/mol. The normalized spacial score (nSPS) is 39.0. The Hall–Kier alpha value is -0.120. The minimum atomic E-state index is -0.281. The molecule has 0 aliphatic carbocycles. The van der Waals surface area contributed by atoms with E-state index < -0.39 is 0 Å². The summed E-state index contributed by atoms with van der Waals surface area (Å²) in [5, 5.41) is 20.3. The Morgan fingerprint density at radius 1 is 1.45 bits per heavy atom. The highest BCUT2D eigenvalue weighted by molar-refractivity contribution is 4.88. The van der Waals surface area contributed by atoms with Gasteiger partial charge in [-0.05, 0) is 33.6 Å². The van der Waals surface area contributed by atoms with E-state index in [1.165, 1.54) is 5.06 Å². The minimum Gasteiger partial charge on any atom is -0.393 e. The molecule has 3 nitrogen and oxygen atoms in total. The van der Waals surface area contributed by atoms with E-state index in [9.17, 15) is 10.3 Å². The Labute approximate surface area is 67.6 Å². The van der Waals surface area contributed by atoms with Crippen molar-refractivity contribution >= 4 is 0 Å². The summed E-state index contributed by atoms with van der Waals surface area (Å²) in [7, 11) is 0. The monoisotopic (exact) mass is 159 g/mol. The van der Waals surface area contributed by atoms with Crippen LogP contribution in [-0.4, -0.2) is 33.1 Å². The first-order valence-electron chi connectivity index (χ1n) is 4.10. The van der Waals surface area contributed by atoms with Crippen LogP contribution >= 0.6 is 0 Å². The fourth-order valence-electron chi connectivity index (χ4n) is 1.84. The average Bonchev–Trinajstić information content (AvgIpc) is 1.81. The Morgan fingerprint density at radius 3 is 2.45 bits per heavy atom. The van der Waals surface area contributed by atoms with E-state index in [-0.39, 0.29) is 17.7 Å². The lowest BCUT2D eigenvalue weighted by Crippen LogP contribution is -2.53. The summed E-state index contributed by atoms with van der Waals surface area (Å²) in [5.74, 6) is 0. The molecule has 0 aromatic heterocycles. The van der Waals surface area contributed by atoms with E-state index in [2.05, 4.69) is 0 Å². The smallest absolute Gasteiger partial charge is 0.0574 e. The van der Waals surface area contributed by atoms with E-state index in [1.807, 2.05) is 20.8 Å². The van der Waals surface area contributed by atoms with Crippen LogP contribution in [0.15, 0.2) is 0 Å². The molecule has 1 heterocycles. The fraction of sp³-hybridized carbons (Fsp3) is 1.00. The molecule has 0 saturated carbocycles. The molecule has 0 aromatic rings. The number of piperidine rings is 1. The van der Waals surface area contributed by atoms with E-state index in [1.54, 1.807) is 0 Å². The van der Waals surface area contributed by atoms with Crippen molar-refractivity contribution in [3.05, 3.63) is 0 Å². The third kappa shape index (κ3) is 1.72. The minimum absolute atomic E-state index is 0.0637. The second-order valence-electron chi connectivity index (χ2n) is 4.10. The zero-order valence-corrected chi connectivity index (χ0v) is 7.41. The van der Waals surface area contributed by atoms with Crippen molar-refractivity contribution in [2.24, 2.45) is 0 Å². The highest BCUT2D eigenvalue weighted by Gasteiger charge is 2.37. The van der Waals surface area contributed by atoms with Crippen molar-refractivity contribution in [3.8, 4) is 0 Å². The van der Waals surface area contributed by atoms with Crippen molar-refractivity contribution < 1.29 is 10.3 Å². The molecule has 0 radical (unpaired) electrons. The van der Waals surface area contributed by atoms with Gasteiger partial charge < -0.3 is 10.3 Å². The largest absolute Gasteiger partial charge is 0.393 e. The molecule has 1 fully saturated rings. The molecule has 0 bridgehead atoms. The molecule has 1 aliphatic heterocycles. The molecule has 1 saturated heterocycles. The quantitative estimate of drug-likeness (QED) is 0.554. The molecule has 1 aliphatic rings. The summed E-state index contributed by atoms with van der Waals surface area (Å²) in [6, 6.07) is 0.0637. The summed E-state index contributed by atoms with van der Waals surface area (Å²) >= 11 is 0. The van der Waals surface area contributed by atoms with Crippen molar-refractivity contribution in [2.75, 3.05) is 0 Å². The number of aliphatic hydroxyl groups excluding tert-OH is 1. The van der Waals surface area contributed by atoms with E-state index >= 15 is 0 Å². The Bertz CT molecular complexity index is 147. The van der Waals surface area contributed by atoms with Crippen LogP contribution in [0.5, 0.6) is 0 Å². The molecule has 66 valence electrons. The molecule has 11 heavy (non-hydrogen) atoms. The summed E-state index contributed by atoms with van der Waals surface area (Å²) in [5.41, 5.74) is -0.281. The van der Waals surface area contributed by atoms with Crippen LogP contribution in [0.3, 0.4) is 0 Å².